The fourth-order valence-electron chi connectivity index (χ4n) is 2.88. The average Bonchev–Trinajstić information content (AvgIpc) is 2.44. The number of phenolic OH excluding ortho intramolecular Hbond substituents is 1. The molecule has 1 aromatic carbocycles. The van der Waals surface area contributed by atoms with Crippen molar-refractivity contribution in [1.29, 1.82) is 0 Å². The molecule has 0 aliphatic heterocycles. The van der Waals surface area contributed by atoms with Gasteiger partial charge >= 0.3 is 6.18 Å². The molecule has 128 valence electrons. The van der Waals surface area contributed by atoms with Crippen molar-refractivity contribution >= 4 is 0 Å². The van der Waals surface area contributed by atoms with Gasteiger partial charge in [0.2, 0.25) is 0 Å². The SMILES string of the molecule is CC1(O)Cc2nnc(-c3cc(O)cc(C(F)(F)F)c3)cc2C(O)C1. The van der Waals surface area contributed by atoms with Crippen LogP contribution in [0.15, 0.2) is 24.3 Å². The van der Waals surface area contributed by atoms with Gasteiger partial charge in [-0.2, -0.15) is 23.4 Å². The Morgan fingerprint density at radius 3 is 2.54 bits per heavy atom. The van der Waals surface area contributed by atoms with Gasteiger partial charge in [0, 0.05) is 24.0 Å². The summed E-state index contributed by atoms with van der Waals surface area (Å²) < 4.78 is 38.6. The van der Waals surface area contributed by atoms with Crippen molar-refractivity contribution in [2.24, 2.45) is 0 Å². The van der Waals surface area contributed by atoms with Crippen molar-refractivity contribution in [3.8, 4) is 17.0 Å². The van der Waals surface area contributed by atoms with E-state index in [1.54, 1.807) is 6.92 Å². The van der Waals surface area contributed by atoms with Crippen LogP contribution in [0, 0.1) is 0 Å². The first kappa shape index (κ1) is 16.7. The maximum atomic E-state index is 12.9. The van der Waals surface area contributed by atoms with E-state index in [2.05, 4.69) is 10.2 Å². The molecule has 2 unspecified atom stereocenters. The molecule has 0 saturated heterocycles. The molecule has 1 heterocycles. The van der Waals surface area contributed by atoms with Crippen molar-refractivity contribution in [3.63, 3.8) is 0 Å². The van der Waals surface area contributed by atoms with E-state index in [0.717, 1.165) is 12.1 Å². The summed E-state index contributed by atoms with van der Waals surface area (Å²) in [5.41, 5.74) is -1.14. The molecule has 3 N–H and O–H groups in total. The Kier molecular flexibility index (Phi) is 3.76. The topological polar surface area (TPSA) is 86.5 Å². The van der Waals surface area contributed by atoms with Crippen LogP contribution in [-0.2, 0) is 12.6 Å². The molecule has 8 heteroatoms. The predicted octanol–water partition coefficient (Wildman–Crippen LogP) is 2.60. The van der Waals surface area contributed by atoms with Crippen LogP contribution in [0.4, 0.5) is 13.2 Å². The standard InChI is InChI=1S/C16H15F3N2O3/c1-15(24)6-13-11(14(23)7-15)5-12(20-21-13)8-2-9(16(17,18)19)4-10(22)3-8/h2-5,14,22-24H,6-7H2,1H3. The van der Waals surface area contributed by atoms with E-state index in [9.17, 15) is 28.5 Å². The molecule has 3 rings (SSSR count). The highest BCUT2D eigenvalue weighted by molar-refractivity contribution is 5.63. The number of phenols is 1. The fourth-order valence-corrected chi connectivity index (χ4v) is 2.88. The Bertz CT molecular complexity index is 791. The number of fused-ring (bicyclic) bond motifs is 1. The first-order valence-corrected chi connectivity index (χ1v) is 7.24. The second-order valence-corrected chi connectivity index (χ2v) is 6.29. The number of nitrogens with zero attached hydrogens (tertiary/aromatic N) is 2. The van der Waals surface area contributed by atoms with E-state index in [0.29, 0.717) is 17.3 Å². The number of aliphatic hydroxyl groups is 2. The van der Waals surface area contributed by atoms with Crippen molar-refractivity contribution in [3.05, 3.63) is 41.1 Å². The average molecular weight is 340 g/mol. The van der Waals surface area contributed by atoms with Gasteiger partial charge in [0.05, 0.1) is 28.7 Å². The molecule has 0 amide bonds. The first-order chi connectivity index (χ1) is 11.0. The zero-order valence-corrected chi connectivity index (χ0v) is 12.7. The van der Waals surface area contributed by atoms with Crippen molar-refractivity contribution < 1.29 is 28.5 Å². The summed E-state index contributed by atoms with van der Waals surface area (Å²) in [6.07, 6.45) is -5.30. The van der Waals surface area contributed by atoms with Gasteiger partial charge in [-0.1, -0.05) is 0 Å². The summed E-state index contributed by atoms with van der Waals surface area (Å²) >= 11 is 0. The molecular formula is C16H15F3N2O3. The molecular weight excluding hydrogens is 325 g/mol. The number of halogens is 3. The Balaban J connectivity index is 2.06. The second kappa shape index (κ2) is 5.42. The lowest BCUT2D eigenvalue weighted by atomic mass is 9.82. The van der Waals surface area contributed by atoms with Crippen LogP contribution in [-0.4, -0.2) is 31.1 Å². The quantitative estimate of drug-likeness (QED) is 0.743. The molecule has 1 aliphatic carbocycles. The summed E-state index contributed by atoms with van der Waals surface area (Å²) in [6, 6.07) is 4.08. The molecule has 0 bridgehead atoms. The van der Waals surface area contributed by atoms with Gasteiger partial charge in [-0.25, -0.2) is 0 Å². The van der Waals surface area contributed by atoms with Crippen LogP contribution < -0.4 is 0 Å². The highest BCUT2D eigenvalue weighted by Gasteiger charge is 2.35. The van der Waals surface area contributed by atoms with Gasteiger partial charge in [0.1, 0.15) is 5.75 Å². The van der Waals surface area contributed by atoms with Crippen molar-refractivity contribution in [1.82, 2.24) is 10.2 Å². The van der Waals surface area contributed by atoms with Crippen LogP contribution in [0.3, 0.4) is 0 Å². The molecule has 2 aromatic rings. The third kappa shape index (κ3) is 3.20. The normalized spacial score (nSPS) is 23.8. The van der Waals surface area contributed by atoms with Gasteiger partial charge in [-0.15, -0.1) is 0 Å². The predicted molar refractivity (Wildman–Crippen MR) is 78.0 cm³/mol. The van der Waals surface area contributed by atoms with Gasteiger partial charge in [-0.3, -0.25) is 0 Å². The Hall–Kier alpha value is -2.19. The van der Waals surface area contributed by atoms with Crippen LogP contribution in [0.1, 0.15) is 36.3 Å². The number of hydrogen-bond donors (Lipinski definition) is 3. The van der Waals surface area contributed by atoms with Crippen LogP contribution in [0.5, 0.6) is 5.75 Å². The summed E-state index contributed by atoms with van der Waals surface area (Å²) in [5, 5.41) is 37.6. The minimum Gasteiger partial charge on any atom is -0.508 e. The van der Waals surface area contributed by atoms with Gasteiger partial charge in [0.25, 0.3) is 0 Å². The fraction of sp³-hybridized carbons (Fsp3) is 0.375. The number of hydrogen-bond acceptors (Lipinski definition) is 5. The summed E-state index contributed by atoms with van der Waals surface area (Å²) in [7, 11) is 0. The van der Waals surface area contributed by atoms with Gasteiger partial charge in [-0.05, 0) is 31.2 Å². The van der Waals surface area contributed by atoms with E-state index in [1.807, 2.05) is 0 Å². The Morgan fingerprint density at radius 2 is 1.88 bits per heavy atom. The van der Waals surface area contributed by atoms with E-state index in [1.165, 1.54) is 6.07 Å². The largest absolute Gasteiger partial charge is 0.508 e. The van der Waals surface area contributed by atoms with Crippen LogP contribution in [0.25, 0.3) is 11.3 Å². The van der Waals surface area contributed by atoms with E-state index < -0.39 is 29.2 Å². The summed E-state index contributed by atoms with van der Waals surface area (Å²) in [5.74, 6) is -0.539. The second-order valence-electron chi connectivity index (χ2n) is 6.29. The third-order valence-corrected chi connectivity index (χ3v) is 3.99. The molecule has 5 nitrogen and oxygen atoms in total. The number of benzene rings is 1. The number of aromatic nitrogens is 2. The van der Waals surface area contributed by atoms with Crippen molar-refractivity contribution in [2.75, 3.05) is 0 Å². The lowest BCUT2D eigenvalue weighted by Gasteiger charge is -2.32. The van der Waals surface area contributed by atoms with Gasteiger partial charge < -0.3 is 15.3 Å². The highest BCUT2D eigenvalue weighted by Crippen LogP contribution is 2.38. The first-order valence-electron chi connectivity index (χ1n) is 7.24. The number of rotatable bonds is 1. The lowest BCUT2D eigenvalue weighted by molar-refractivity contribution is -0.137. The Labute approximate surface area is 135 Å². The molecule has 1 aliphatic rings. The zero-order valence-electron chi connectivity index (χ0n) is 12.7. The number of aromatic hydroxyl groups is 1. The maximum Gasteiger partial charge on any atom is 0.416 e. The monoisotopic (exact) mass is 340 g/mol. The van der Waals surface area contributed by atoms with Crippen LogP contribution >= 0.6 is 0 Å². The summed E-state index contributed by atoms with van der Waals surface area (Å²) in [4.78, 5) is 0. The minimum absolute atomic E-state index is 0.0437. The molecule has 0 fully saturated rings. The number of aliphatic hydroxyl groups excluding tert-OH is 1. The lowest BCUT2D eigenvalue weighted by Crippen LogP contribution is -2.35. The minimum atomic E-state index is -4.60. The number of alkyl halides is 3. The molecule has 2 atom stereocenters. The molecule has 0 spiro atoms. The molecule has 24 heavy (non-hydrogen) atoms. The highest BCUT2D eigenvalue weighted by atomic mass is 19.4. The summed E-state index contributed by atoms with van der Waals surface area (Å²) in [6.45, 7) is 1.57. The molecule has 0 saturated carbocycles. The Morgan fingerprint density at radius 1 is 1.17 bits per heavy atom. The van der Waals surface area contributed by atoms with Crippen molar-refractivity contribution in [2.45, 2.75) is 37.6 Å². The van der Waals surface area contributed by atoms with E-state index in [4.69, 9.17) is 0 Å². The van der Waals surface area contributed by atoms with E-state index in [-0.39, 0.29) is 24.1 Å². The molecule has 1 aromatic heterocycles. The smallest absolute Gasteiger partial charge is 0.416 e. The van der Waals surface area contributed by atoms with Crippen LogP contribution in [0.2, 0.25) is 0 Å². The maximum absolute atomic E-state index is 12.9. The van der Waals surface area contributed by atoms with E-state index >= 15 is 0 Å². The van der Waals surface area contributed by atoms with Gasteiger partial charge in [0.15, 0.2) is 0 Å². The molecule has 0 radical (unpaired) electrons. The zero-order chi connectivity index (χ0) is 17.7. The third-order valence-electron chi connectivity index (χ3n) is 3.99.